The zero-order valence-corrected chi connectivity index (χ0v) is 13.8. The van der Waals surface area contributed by atoms with E-state index in [-0.39, 0.29) is 5.91 Å². The Bertz CT molecular complexity index is 730. The van der Waals surface area contributed by atoms with Crippen molar-refractivity contribution in [2.75, 3.05) is 10.6 Å². The highest BCUT2D eigenvalue weighted by Crippen LogP contribution is 2.33. The van der Waals surface area contributed by atoms with Gasteiger partial charge in [-0.15, -0.1) is 0 Å². The molecular weight excluding hydrogens is 352 g/mol. The summed E-state index contributed by atoms with van der Waals surface area (Å²) in [5.74, 6) is 0.0134. The van der Waals surface area contributed by atoms with Crippen LogP contribution in [0.5, 0.6) is 0 Å². The molecule has 2 aromatic carbocycles. The fraction of sp³-hybridized carbons (Fsp3) is 0.188. The van der Waals surface area contributed by atoms with Crippen LogP contribution in [0.1, 0.15) is 16.7 Å². The van der Waals surface area contributed by atoms with Crippen molar-refractivity contribution in [3.05, 3.63) is 56.5 Å². The molecule has 1 amide bonds. The molecule has 0 bridgehead atoms. The number of carbonyl (C=O) groups excluding carboxylic acids is 1. The summed E-state index contributed by atoms with van der Waals surface area (Å²) in [5.41, 5.74) is 5.01. The van der Waals surface area contributed by atoms with E-state index in [9.17, 15) is 4.79 Å². The zero-order chi connectivity index (χ0) is 15.0. The van der Waals surface area contributed by atoms with Crippen LogP contribution in [0.15, 0.2) is 34.8 Å². The molecule has 5 heteroatoms. The lowest BCUT2D eigenvalue weighted by Crippen LogP contribution is -2.03. The van der Waals surface area contributed by atoms with Crippen molar-refractivity contribution in [3.8, 4) is 0 Å². The summed E-state index contributed by atoms with van der Waals surface area (Å²) in [6, 6.07) is 9.99. The first-order valence-electron chi connectivity index (χ1n) is 6.64. The van der Waals surface area contributed by atoms with Gasteiger partial charge in [-0.1, -0.05) is 39.7 Å². The van der Waals surface area contributed by atoms with Crippen LogP contribution in [0.25, 0.3) is 0 Å². The number of amides is 1. The molecule has 0 spiro atoms. The summed E-state index contributed by atoms with van der Waals surface area (Å²) in [6.07, 6.45) is 0.412. The Morgan fingerprint density at radius 1 is 1.33 bits per heavy atom. The smallest absolute Gasteiger partial charge is 0.228 e. The van der Waals surface area contributed by atoms with E-state index in [1.807, 2.05) is 6.07 Å². The van der Waals surface area contributed by atoms with Gasteiger partial charge < -0.3 is 10.6 Å². The number of hydrogen-bond donors (Lipinski definition) is 2. The Labute approximate surface area is 136 Å². The van der Waals surface area contributed by atoms with Gasteiger partial charge in [0.05, 0.1) is 17.1 Å². The predicted molar refractivity (Wildman–Crippen MR) is 90.0 cm³/mol. The lowest BCUT2D eigenvalue weighted by atomic mass is 10.1. The van der Waals surface area contributed by atoms with Gasteiger partial charge in [0, 0.05) is 16.7 Å². The summed E-state index contributed by atoms with van der Waals surface area (Å²) in [7, 11) is 0. The van der Waals surface area contributed by atoms with Crippen molar-refractivity contribution >= 4 is 44.8 Å². The first kappa shape index (κ1) is 14.4. The molecule has 108 valence electrons. The first-order valence-corrected chi connectivity index (χ1v) is 7.81. The van der Waals surface area contributed by atoms with Crippen LogP contribution in [0.3, 0.4) is 0 Å². The number of hydrogen-bond acceptors (Lipinski definition) is 2. The van der Waals surface area contributed by atoms with Crippen molar-refractivity contribution in [3.63, 3.8) is 0 Å². The summed E-state index contributed by atoms with van der Waals surface area (Å²) in [6.45, 7) is 2.73. The lowest BCUT2D eigenvalue weighted by molar-refractivity contribution is -0.115. The number of anilines is 2. The van der Waals surface area contributed by atoms with Gasteiger partial charge in [0.2, 0.25) is 5.91 Å². The van der Waals surface area contributed by atoms with Gasteiger partial charge >= 0.3 is 0 Å². The van der Waals surface area contributed by atoms with Gasteiger partial charge in [0.1, 0.15) is 0 Å². The summed E-state index contributed by atoms with van der Waals surface area (Å²) >= 11 is 9.83. The third-order valence-electron chi connectivity index (χ3n) is 3.50. The topological polar surface area (TPSA) is 41.1 Å². The highest BCUT2D eigenvalue weighted by Gasteiger charge is 2.19. The maximum atomic E-state index is 11.4. The van der Waals surface area contributed by atoms with E-state index in [0.29, 0.717) is 18.0 Å². The van der Waals surface area contributed by atoms with Crippen molar-refractivity contribution in [2.24, 2.45) is 0 Å². The maximum Gasteiger partial charge on any atom is 0.228 e. The zero-order valence-electron chi connectivity index (χ0n) is 11.5. The lowest BCUT2D eigenvalue weighted by Gasteiger charge is -2.12. The molecule has 2 N–H and O–H groups in total. The minimum atomic E-state index is 0.0134. The van der Waals surface area contributed by atoms with E-state index in [1.165, 1.54) is 5.56 Å². The molecule has 1 aliphatic rings. The van der Waals surface area contributed by atoms with Crippen LogP contribution in [-0.2, 0) is 17.8 Å². The molecule has 2 aromatic rings. The molecule has 0 radical (unpaired) electrons. The molecule has 0 saturated heterocycles. The second kappa shape index (κ2) is 5.70. The van der Waals surface area contributed by atoms with Gasteiger partial charge in [-0.3, -0.25) is 4.79 Å². The van der Waals surface area contributed by atoms with Crippen molar-refractivity contribution in [2.45, 2.75) is 19.9 Å². The van der Waals surface area contributed by atoms with Crippen molar-refractivity contribution in [1.82, 2.24) is 0 Å². The SMILES string of the molecule is Cc1ccc(CNc2cc3c(cc2Cl)NC(=O)C3)c(Br)c1. The van der Waals surface area contributed by atoms with Gasteiger partial charge in [0.25, 0.3) is 0 Å². The minimum Gasteiger partial charge on any atom is -0.380 e. The Morgan fingerprint density at radius 3 is 2.90 bits per heavy atom. The number of halogens is 2. The molecule has 1 aliphatic heterocycles. The predicted octanol–water partition coefficient (Wildman–Crippen LogP) is 4.52. The van der Waals surface area contributed by atoms with E-state index in [1.54, 1.807) is 6.07 Å². The van der Waals surface area contributed by atoms with E-state index in [0.717, 1.165) is 27.0 Å². The third kappa shape index (κ3) is 3.06. The largest absolute Gasteiger partial charge is 0.380 e. The molecule has 0 saturated carbocycles. The molecule has 0 aromatic heterocycles. The number of carbonyl (C=O) groups is 1. The number of benzene rings is 2. The summed E-state index contributed by atoms with van der Waals surface area (Å²) < 4.78 is 1.07. The van der Waals surface area contributed by atoms with Gasteiger partial charge in [-0.2, -0.15) is 0 Å². The molecule has 21 heavy (non-hydrogen) atoms. The van der Waals surface area contributed by atoms with E-state index in [4.69, 9.17) is 11.6 Å². The van der Waals surface area contributed by atoms with Gasteiger partial charge in [0.15, 0.2) is 0 Å². The molecule has 0 unspecified atom stereocenters. The van der Waals surface area contributed by atoms with Gasteiger partial charge in [-0.05, 0) is 41.8 Å². The van der Waals surface area contributed by atoms with Gasteiger partial charge in [-0.25, -0.2) is 0 Å². The van der Waals surface area contributed by atoms with Crippen molar-refractivity contribution < 1.29 is 4.79 Å². The molecule has 3 rings (SSSR count). The second-order valence-electron chi connectivity index (χ2n) is 5.16. The highest BCUT2D eigenvalue weighted by molar-refractivity contribution is 9.10. The van der Waals surface area contributed by atoms with Crippen LogP contribution in [0.4, 0.5) is 11.4 Å². The fourth-order valence-corrected chi connectivity index (χ4v) is 3.23. The average molecular weight is 366 g/mol. The molecule has 1 heterocycles. The summed E-state index contributed by atoms with van der Waals surface area (Å²) in [4.78, 5) is 11.4. The summed E-state index contributed by atoms with van der Waals surface area (Å²) in [5, 5.41) is 6.74. The maximum absolute atomic E-state index is 11.4. The van der Waals surface area contributed by atoms with E-state index >= 15 is 0 Å². The number of fused-ring (bicyclic) bond motifs is 1. The third-order valence-corrected chi connectivity index (χ3v) is 4.55. The highest BCUT2D eigenvalue weighted by atomic mass is 79.9. The molecule has 0 atom stereocenters. The Balaban J connectivity index is 1.79. The van der Waals surface area contributed by atoms with E-state index < -0.39 is 0 Å². The van der Waals surface area contributed by atoms with Crippen LogP contribution in [0.2, 0.25) is 5.02 Å². The van der Waals surface area contributed by atoms with E-state index in [2.05, 4.69) is 51.7 Å². The first-order chi connectivity index (χ1) is 10.0. The molecule has 0 aliphatic carbocycles. The molecular formula is C16H14BrClN2O. The monoisotopic (exact) mass is 364 g/mol. The quantitative estimate of drug-likeness (QED) is 0.840. The van der Waals surface area contributed by atoms with Crippen LogP contribution >= 0.6 is 27.5 Å². The average Bonchev–Trinajstić information content (AvgIpc) is 2.76. The van der Waals surface area contributed by atoms with Crippen LogP contribution in [-0.4, -0.2) is 5.91 Å². The normalized spacial score (nSPS) is 13.0. The second-order valence-corrected chi connectivity index (χ2v) is 6.42. The Hall–Kier alpha value is -1.52. The van der Waals surface area contributed by atoms with Crippen molar-refractivity contribution in [1.29, 1.82) is 0 Å². The fourth-order valence-electron chi connectivity index (χ4n) is 2.37. The minimum absolute atomic E-state index is 0.0134. The Kier molecular flexibility index (Phi) is 3.91. The standard InChI is InChI=1S/C16H14BrClN2O/c1-9-2-3-10(12(17)4-9)8-19-15-5-11-6-16(21)20-14(11)7-13(15)18/h2-5,7,19H,6,8H2,1H3,(H,20,21). The Morgan fingerprint density at radius 2 is 2.14 bits per heavy atom. The number of nitrogens with one attached hydrogen (secondary N) is 2. The molecule has 3 nitrogen and oxygen atoms in total. The van der Waals surface area contributed by atoms with Crippen LogP contribution in [0, 0.1) is 6.92 Å². The number of rotatable bonds is 3. The van der Waals surface area contributed by atoms with Crippen LogP contribution < -0.4 is 10.6 Å². The molecule has 0 fully saturated rings. The number of aryl methyl sites for hydroxylation is 1.